The summed E-state index contributed by atoms with van der Waals surface area (Å²) in [5, 5.41) is 6.82. The smallest absolute Gasteiger partial charge is 0.242 e. The van der Waals surface area contributed by atoms with Crippen LogP contribution in [0.2, 0.25) is 0 Å². The number of nitrogens with zero attached hydrogens (tertiary/aromatic N) is 2. The Morgan fingerprint density at radius 1 is 1.67 bits per heavy atom. The van der Waals surface area contributed by atoms with Gasteiger partial charge in [-0.2, -0.15) is 10.2 Å². The molecule has 0 atom stereocenters. The van der Waals surface area contributed by atoms with Crippen molar-refractivity contribution in [2.75, 3.05) is 0 Å². The molecular weight excluding hydrogens is 80.0 g/mol. The predicted molar refractivity (Wildman–Crippen MR) is 19.3 cm³/mol. The summed E-state index contributed by atoms with van der Waals surface area (Å²) < 4.78 is 0. The van der Waals surface area contributed by atoms with E-state index in [0.717, 1.165) is 0 Å². The zero-order chi connectivity index (χ0) is 4.62. The van der Waals surface area contributed by atoms with E-state index in [4.69, 9.17) is 0 Å². The maximum atomic E-state index is 9.70. The molecule has 6 heavy (non-hydrogen) atoms. The van der Waals surface area contributed by atoms with Crippen LogP contribution < -0.4 is 0 Å². The Morgan fingerprint density at radius 3 is 2.17 bits per heavy atom. The van der Waals surface area contributed by atoms with Gasteiger partial charge in [0.05, 0.1) is 0 Å². The second-order valence-electron chi connectivity index (χ2n) is 1.41. The first kappa shape index (κ1) is 3.46. The molecule has 32 valence electrons. The van der Waals surface area contributed by atoms with E-state index < -0.39 is 5.66 Å². The van der Waals surface area contributed by atoms with E-state index in [1.165, 1.54) is 0 Å². The second kappa shape index (κ2) is 0.668. The monoisotopic (exact) mass is 84.0 g/mol. The molecule has 1 aliphatic heterocycles. The average Bonchev–Trinajstić information content (AvgIpc) is 2.22. The fourth-order valence-electron chi connectivity index (χ4n) is 0.126. The quantitative estimate of drug-likeness (QED) is 0.423. The molecule has 0 bridgehead atoms. The van der Waals surface area contributed by atoms with Crippen molar-refractivity contribution in [1.82, 2.24) is 0 Å². The summed E-state index contributed by atoms with van der Waals surface area (Å²) >= 11 is 0. The van der Waals surface area contributed by atoms with Gasteiger partial charge in [0.2, 0.25) is 5.66 Å². The Hall–Kier alpha value is -0.730. The molecule has 0 fully saturated rings. The lowest BCUT2D eigenvalue weighted by Gasteiger charge is -1.79. The third-order valence-electron chi connectivity index (χ3n) is 0.639. The largest absolute Gasteiger partial charge is 0.298 e. The molecule has 0 spiro atoms. The van der Waals surface area contributed by atoms with Crippen LogP contribution >= 0.6 is 0 Å². The molecule has 1 heterocycles. The highest BCUT2D eigenvalue weighted by atomic mass is 16.1. The summed E-state index contributed by atoms with van der Waals surface area (Å²) in [7, 11) is 0. The Morgan fingerprint density at radius 2 is 2.17 bits per heavy atom. The van der Waals surface area contributed by atoms with Gasteiger partial charge in [0.15, 0.2) is 6.29 Å². The molecule has 0 radical (unpaired) electrons. The number of rotatable bonds is 1. The van der Waals surface area contributed by atoms with Crippen molar-refractivity contribution in [3.05, 3.63) is 0 Å². The van der Waals surface area contributed by atoms with Gasteiger partial charge < -0.3 is 0 Å². The summed E-state index contributed by atoms with van der Waals surface area (Å²) in [4.78, 5) is 9.70. The summed E-state index contributed by atoms with van der Waals surface area (Å²) in [6, 6.07) is 0. The van der Waals surface area contributed by atoms with Crippen LogP contribution in [0.3, 0.4) is 0 Å². The van der Waals surface area contributed by atoms with Crippen molar-refractivity contribution in [2.45, 2.75) is 12.6 Å². The first-order valence-corrected chi connectivity index (χ1v) is 1.67. The molecule has 0 amide bonds. The van der Waals surface area contributed by atoms with Gasteiger partial charge in [-0.05, 0) is 6.92 Å². The first-order chi connectivity index (χ1) is 2.77. The Kier molecular flexibility index (Phi) is 0.385. The van der Waals surface area contributed by atoms with Crippen LogP contribution in [0, 0.1) is 0 Å². The summed E-state index contributed by atoms with van der Waals surface area (Å²) in [6.07, 6.45) is 0.715. The van der Waals surface area contributed by atoms with Gasteiger partial charge in [-0.15, -0.1) is 0 Å². The Balaban J connectivity index is 2.52. The lowest BCUT2D eigenvalue weighted by atomic mass is 10.3. The van der Waals surface area contributed by atoms with Crippen molar-refractivity contribution in [3.8, 4) is 0 Å². The summed E-state index contributed by atoms with van der Waals surface area (Å²) in [6.45, 7) is 1.65. The number of carbonyl (C=O) groups is 1. The Labute approximate surface area is 35.1 Å². The molecule has 1 aliphatic rings. The SMILES string of the molecule is CC1(C=O)N=N1. The van der Waals surface area contributed by atoms with Crippen molar-refractivity contribution in [2.24, 2.45) is 10.2 Å². The second-order valence-corrected chi connectivity index (χ2v) is 1.41. The molecular formula is C3H4N2O. The number of hydrogen-bond donors (Lipinski definition) is 0. The normalized spacial score (nSPS) is 23.5. The van der Waals surface area contributed by atoms with E-state index in [-0.39, 0.29) is 0 Å². The molecule has 0 aliphatic carbocycles. The summed E-state index contributed by atoms with van der Waals surface area (Å²) in [5.41, 5.74) is -0.639. The van der Waals surface area contributed by atoms with Gasteiger partial charge in [-0.1, -0.05) is 0 Å². The first-order valence-electron chi connectivity index (χ1n) is 1.67. The van der Waals surface area contributed by atoms with Crippen LogP contribution in [0.15, 0.2) is 10.2 Å². The zero-order valence-electron chi connectivity index (χ0n) is 3.38. The van der Waals surface area contributed by atoms with E-state index >= 15 is 0 Å². The van der Waals surface area contributed by atoms with Crippen LogP contribution in [-0.2, 0) is 4.79 Å². The molecule has 1 rings (SSSR count). The van der Waals surface area contributed by atoms with Crippen molar-refractivity contribution in [1.29, 1.82) is 0 Å². The van der Waals surface area contributed by atoms with Crippen LogP contribution in [0.1, 0.15) is 6.92 Å². The molecule has 0 saturated heterocycles. The minimum atomic E-state index is -0.639. The van der Waals surface area contributed by atoms with E-state index in [2.05, 4.69) is 10.2 Å². The lowest BCUT2D eigenvalue weighted by molar-refractivity contribution is -0.109. The van der Waals surface area contributed by atoms with Crippen LogP contribution in [0.25, 0.3) is 0 Å². The molecule has 0 saturated carbocycles. The fraction of sp³-hybridized carbons (Fsp3) is 0.667. The van der Waals surface area contributed by atoms with Gasteiger partial charge in [0.25, 0.3) is 0 Å². The van der Waals surface area contributed by atoms with Gasteiger partial charge >= 0.3 is 0 Å². The molecule has 3 heteroatoms. The molecule has 3 nitrogen and oxygen atoms in total. The van der Waals surface area contributed by atoms with Gasteiger partial charge in [0.1, 0.15) is 0 Å². The maximum absolute atomic E-state index is 9.70. The fourth-order valence-corrected chi connectivity index (χ4v) is 0.126. The van der Waals surface area contributed by atoms with E-state index in [0.29, 0.717) is 6.29 Å². The average molecular weight is 84.1 g/mol. The van der Waals surface area contributed by atoms with Gasteiger partial charge in [0, 0.05) is 0 Å². The third-order valence-corrected chi connectivity index (χ3v) is 0.639. The minimum absolute atomic E-state index is 0.639. The predicted octanol–water partition coefficient (Wildman–Crippen LogP) is 0.367. The molecule has 0 N–H and O–H groups in total. The van der Waals surface area contributed by atoms with Crippen molar-refractivity contribution < 1.29 is 4.79 Å². The molecule has 0 aromatic heterocycles. The standard InChI is InChI=1S/C3H4N2O/c1-3(2-6)4-5-3/h2H,1H3. The van der Waals surface area contributed by atoms with Gasteiger partial charge in [-0.3, -0.25) is 4.79 Å². The van der Waals surface area contributed by atoms with E-state index in [1.807, 2.05) is 0 Å². The highest BCUT2D eigenvalue weighted by molar-refractivity contribution is 5.65. The highest BCUT2D eigenvalue weighted by Gasteiger charge is 2.32. The number of aldehydes is 1. The summed E-state index contributed by atoms with van der Waals surface area (Å²) in [5.74, 6) is 0. The van der Waals surface area contributed by atoms with E-state index in [9.17, 15) is 4.79 Å². The molecule has 0 aromatic carbocycles. The molecule has 0 unspecified atom stereocenters. The van der Waals surface area contributed by atoms with E-state index in [1.54, 1.807) is 6.92 Å². The molecule has 0 aromatic rings. The maximum Gasteiger partial charge on any atom is 0.242 e. The Bertz CT molecular complexity index is 101. The topological polar surface area (TPSA) is 41.8 Å². The number of carbonyl (C=O) groups excluding carboxylic acids is 1. The van der Waals surface area contributed by atoms with Crippen molar-refractivity contribution in [3.63, 3.8) is 0 Å². The van der Waals surface area contributed by atoms with Crippen LogP contribution in [-0.4, -0.2) is 11.9 Å². The van der Waals surface area contributed by atoms with Gasteiger partial charge in [-0.25, -0.2) is 0 Å². The third kappa shape index (κ3) is 0.319. The highest BCUT2D eigenvalue weighted by Crippen LogP contribution is 2.22. The zero-order valence-corrected chi connectivity index (χ0v) is 3.38. The van der Waals surface area contributed by atoms with Crippen LogP contribution in [0.5, 0.6) is 0 Å². The minimum Gasteiger partial charge on any atom is -0.298 e. The lowest BCUT2D eigenvalue weighted by Crippen LogP contribution is -2.03. The van der Waals surface area contributed by atoms with Crippen LogP contribution in [0.4, 0.5) is 0 Å². The number of hydrogen-bond acceptors (Lipinski definition) is 3. The van der Waals surface area contributed by atoms with Crippen molar-refractivity contribution >= 4 is 6.29 Å².